The minimum absolute atomic E-state index is 0.0209. The maximum Gasteiger partial charge on any atom is 0.358 e. The minimum Gasteiger partial charge on any atom is -0.476 e. The van der Waals surface area contributed by atoms with Crippen LogP contribution in [0.15, 0.2) is 0 Å². The van der Waals surface area contributed by atoms with Gasteiger partial charge in [0.2, 0.25) is 5.91 Å². The van der Waals surface area contributed by atoms with Crippen LogP contribution in [0.3, 0.4) is 0 Å². The number of carbonyl (C=O) groups excluding carboxylic acids is 1. The van der Waals surface area contributed by atoms with Gasteiger partial charge in [-0.1, -0.05) is 32.9 Å². The van der Waals surface area contributed by atoms with Gasteiger partial charge < -0.3 is 10.4 Å². The van der Waals surface area contributed by atoms with Crippen molar-refractivity contribution in [3.63, 3.8) is 0 Å². The number of hydrogen-bond acceptors (Lipinski definition) is 4. The lowest BCUT2D eigenvalue weighted by Crippen LogP contribution is -2.31. The molecule has 106 valence electrons. The lowest BCUT2D eigenvalue weighted by Gasteiger charge is -2.20. The molecule has 7 nitrogen and oxygen atoms in total. The Bertz CT molecular complexity index is 474. The summed E-state index contributed by atoms with van der Waals surface area (Å²) in [5, 5.41) is 19.3. The van der Waals surface area contributed by atoms with E-state index in [1.54, 1.807) is 0 Å². The standard InChI is InChI=1S/C12H20N4O3/c1-5-6-13-8(17)7-16-10(12(2,3)4)9(11(18)19)14-15-16/h5-7H2,1-4H3,(H,13,17)(H,18,19). The van der Waals surface area contributed by atoms with E-state index in [1.807, 2.05) is 27.7 Å². The molecule has 0 aliphatic heterocycles. The molecule has 0 fully saturated rings. The number of carboxylic acids is 1. The van der Waals surface area contributed by atoms with Crippen LogP contribution in [0.4, 0.5) is 0 Å². The summed E-state index contributed by atoms with van der Waals surface area (Å²) < 4.78 is 1.36. The summed E-state index contributed by atoms with van der Waals surface area (Å²) in [6.45, 7) is 8.10. The van der Waals surface area contributed by atoms with Gasteiger partial charge in [0.15, 0.2) is 5.69 Å². The average molecular weight is 268 g/mol. The lowest BCUT2D eigenvalue weighted by atomic mass is 9.90. The summed E-state index contributed by atoms with van der Waals surface area (Å²) >= 11 is 0. The Balaban J connectivity index is 3.02. The third-order valence-corrected chi connectivity index (χ3v) is 2.51. The number of rotatable bonds is 5. The molecule has 0 saturated carbocycles. The van der Waals surface area contributed by atoms with Crippen molar-refractivity contribution in [3.8, 4) is 0 Å². The Labute approximate surface area is 112 Å². The number of aromatic carboxylic acids is 1. The van der Waals surface area contributed by atoms with Gasteiger partial charge in [-0.3, -0.25) is 4.79 Å². The van der Waals surface area contributed by atoms with E-state index in [4.69, 9.17) is 5.11 Å². The second-order valence-corrected chi connectivity index (χ2v) is 5.35. The molecule has 0 aliphatic carbocycles. The number of amides is 1. The number of hydrogen-bond donors (Lipinski definition) is 2. The van der Waals surface area contributed by atoms with Crippen molar-refractivity contribution in [2.75, 3.05) is 6.54 Å². The average Bonchev–Trinajstić information content (AvgIpc) is 2.69. The van der Waals surface area contributed by atoms with E-state index in [9.17, 15) is 9.59 Å². The van der Waals surface area contributed by atoms with Crippen LogP contribution in [-0.2, 0) is 16.8 Å². The van der Waals surface area contributed by atoms with Crippen LogP contribution in [0.25, 0.3) is 0 Å². The van der Waals surface area contributed by atoms with Gasteiger partial charge >= 0.3 is 5.97 Å². The van der Waals surface area contributed by atoms with Crippen molar-refractivity contribution in [2.24, 2.45) is 0 Å². The van der Waals surface area contributed by atoms with E-state index in [1.165, 1.54) is 4.68 Å². The maximum atomic E-state index is 11.7. The quantitative estimate of drug-likeness (QED) is 0.823. The topological polar surface area (TPSA) is 97.1 Å². The van der Waals surface area contributed by atoms with Gasteiger partial charge in [-0.2, -0.15) is 0 Å². The molecule has 2 N–H and O–H groups in total. The summed E-state index contributed by atoms with van der Waals surface area (Å²) in [7, 11) is 0. The monoisotopic (exact) mass is 268 g/mol. The Kier molecular flexibility index (Phi) is 4.63. The summed E-state index contributed by atoms with van der Waals surface area (Å²) in [6.07, 6.45) is 0.843. The van der Waals surface area contributed by atoms with Crippen LogP contribution in [0.2, 0.25) is 0 Å². The Morgan fingerprint density at radius 2 is 2.00 bits per heavy atom. The second kappa shape index (κ2) is 5.81. The van der Waals surface area contributed by atoms with E-state index in [0.29, 0.717) is 12.2 Å². The molecule has 0 saturated heterocycles. The molecule has 0 atom stereocenters. The molecule has 1 aromatic rings. The molecule has 1 heterocycles. The first-order valence-electron chi connectivity index (χ1n) is 6.21. The molecule has 1 aromatic heterocycles. The Hall–Kier alpha value is -1.92. The van der Waals surface area contributed by atoms with E-state index >= 15 is 0 Å². The maximum absolute atomic E-state index is 11.7. The molecule has 1 amide bonds. The van der Waals surface area contributed by atoms with Gasteiger partial charge in [0.25, 0.3) is 0 Å². The minimum atomic E-state index is -1.13. The van der Waals surface area contributed by atoms with Gasteiger partial charge in [0, 0.05) is 12.0 Å². The van der Waals surface area contributed by atoms with Crippen LogP contribution >= 0.6 is 0 Å². The highest BCUT2D eigenvalue weighted by atomic mass is 16.4. The van der Waals surface area contributed by atoms with Gasteiger partial charge in [-0.15, -0.1) is 5.10 Å². The largest absolute Gasteiger partial charge is 0.476 e. The molecule has 0 bridgehead atoms. The van der Waals surface area contributed by atoms with Crippen molar-refractivity contribution < 1.29 is 14.7 Å². The molecule has 7 heteroatoms. The number of carbonyl (C=O) groups is 2. The predicted molar refractivity (Wildman–Crippen MR) is 69.0 cm³/mol. The Morgan fingerprint density at radius 1 is 1.37 bits per heavy atom. The van der Waals surface area contributed by atoms with Gasteiger partial charge in [0.05, 0.1) is 5.69 Å². The van der Waals surface area contributed by atoms with E-state index < -0.39 is 11.4 Å². The molecule has 0 aliphatic rings. The molecular formula is C12H20N4O3. The molecule has 1 rings (SSSR count). The third kappa shape index (κ3) is 3.77. The van der Waals surface area contributed by atoms with Crippen molar-refractivity contribution in [1.82, 2.24) is 20.3 Å². The highest BCUT2D eigenvalue weighted by Crippen LogP contribution is 2.24. The van der Waals surface area contributed by atoms with Crippen molar-refractivity contribution in [2.45, 2.75) is 46.1 Å². The fourth-order valence-electron chi connectivity index (χ4n) is 1.77. The van der Waals surface area contributed by atoms with Crippen molar-refractivity contribution >= 4 is 11.9 Å². The fraction of sp³-hybridized carbons (Fsp3) is 0.667. The van der Waals surface area contributed by atoms with Crippen LogP contribution in [-0.4, -0.2) is 38.5 Å². The highest BCUT2D eigenvalue weighted by molar-refractivity contribution is 5.87. The first kappa shape index (κ1) is 15.1. The van der Waals surface area contributed by atoms with E-state index in [0.717, 1.165) is 6.42 Å². The summed E-state index contributed by atoms with van der Waals surface area (Å²) in [4.78, 5) is 22.8. The van der Waals surface area contributed by atoms with Crippen LogP contribution in [0.1, 0.15) is 50.3 Å². The predicted octanol–water partition coefficient (Wildman–Crippen LogP) is 0.800. The second-order valence-electron chi connectivity index (χ2n) is 5.35. The van der Waals surface area contributed by atoms with Crippen LogP contribution in [0, 0.1) is 0 Å². The number of aromatic nitrogens is 3. The summed E-state index contributed by atoms with van der Waals surface area (Å²) in [5.74, 6) is -1.33. The SMILES string of the molecule is CCCNC(=O)Cn1nnc(C(=O)O)c1C(C)(C)C. The third-order valence-electron chi connectivity index (χ3n) is 2.51. The molecule has 0 aromatic carbocycles. The zero-order valence-electron chi connectivity index (χ0n) is 11.7. The summed E-state index contributed by atoms with van der Waals surface area (Å²) in [5.41, 5.74) is -0.107. The first-order valence-corrected chi connectivity index (χ1v) is 6.21. The van der Waals surface area contributed by atoms with Crippen molar-refractivity contribution in [3.05, 3.63) is 11.4 Å². The van der Waals surface area contributed by atoms with Crippen LogP contribution < -0.4 is 5.32 Å². The summed E-state index contributed by atoms with van der Waals surface area (Å²) in [6, 6.07) is 0. The molecule has 19 heavy (non-hydrogen) atoms. The molecule has 0 unspecified atom stereocenters. The van der Waals surface area contributed by atoms with Gasteiger partial charge in [0.1, 0.15) is 6.54 Å². The van der Waals surface area contributed by atoms with E-state index in [-0.39, 0.29) is 18.1 Å². The highest BCUT2D eigenvalue weighted by Gasteiger charge is 2.29. The van der Waals surface area contributed by atoms with Crippen LogP contribution in [0.5, 0.6) is 0 Å². The normalized spacial score (nSPS) is 11.4. The number of nitrogens with zero attached hydrogens (tertiary/aromatic N) is 3. The molecular weight excluding hydrogens is 248 g/mol. The number of nitrogens with one attached hydrogen (secondary N) is 1. The molecule has 0 spiro atoms. The first-order chi connectivity index (χ1) is 8.77. The zero-order chi connectivity index (χ0) is 14.6. The molecule has 0 radical (unpaired) electrons. The lowest BCUT2D eigenvalue weighted by molar-refractivity contribution is -0.121. The van der Waals surface area contributed by atoms with Gasteiger partial charge in [-0.05, 0) is 6.42 Å². The van der Waals surface area contributed by atoms with Gasteiger partial charge in [-0.25, -0.2) is 9.48 Å². The zero-order valence-corrected chi connectivity index (χ0v) is 11.7. The Morgan fingerprint density at radius 3 is 2.47 bits per heavy atom. The smallest absolute Gasteiger partial charge is 0.358 e. The van der Waals surface area contributed by atoms with Crippen molar-refractivity contribution in [1.29, 1.82) is 0 Å². The number of carboxylic acid groups (broad SMARTS) is 1. The van der Waals surface area contributed by atoms with E-state index in [2.05, 4.69) is 15.6 Å². The fourth-order valence-corrected chi connectivity index (χ4v) is 1.77.